The number of nitrogens with zero attached hydrogens (tertiary/aromatic N) is 3. The minimum absolute atomic E-state index is 0.0403. The molecule has 0 bridgehead atoms. The highest BCUT2D eigenvalue weighted by atomic mass is 32.2. The second-order valence-corrected chi connectivity index (χ2v) is 6.29. The van der Waals surface area contributed by atoms with Crippen LogP contribution in [0.25, 0.3) is 16.8 Å². The zero-order chi connectivity index (χ0) is 19.6. The molecular formula is C15H11F4N5O2S. The van der Waals surface area contributed by atoms with Crippen molar-refractivity contribution >= 4 is 23.3 Å². The van der Waals surface area contributed by atoms with Gasteiger partial charge in [0.2, 0.25) is 5.91 Å². The Hall–Kier alpha value is -2.89. The lowest BCUT2D eigenvalue weighted by Crippen LogP contribution is -2.34. The molecule has 0 aliphatic carbocycles. The maximum absolute atomic E-state index is 13.1. The number of fused-ring (bicyclic) bond motifs is 1. The lowest BCUT2D eigenvalue weighted by Gasteiger charge is -2.07. The fourth-order valence-electron chi connectivity index (χ4n) is 2.15. The molecule has 0 aliphatic rings. The van der Waals surface area contributed by atoms with Crippen molar-refractivity contribution in [1.29, 1.82) is 0 Å². The van der Waals surface area contributed by atoms with Crippen LogP contribution in [0.5, 0.6) is 0 Å². The smallest absolute Gasteiger partial charge is 0.346 e. The van der Waals surface area contributed by atoms with Gasteiger partial charge in [-0.1, -0.05) is 23.9 Å². The predicted molar refractivity (Wildman–Crippen MR) is 88.8 cm³/mol. The van der Waals surface area contributed by atoms with Gasteiger partial charge in [0, 0.05) is 5.56 Å². The largest absolute Gasteiger partial charge is 0.405 e. The fourth-order valence-corrected chi connectivity index (χ4v) is 2.83. The number of hydrogen-bond donors (Lipinski definition) is 2. The summed E-state index contributed by atoms with van der Waals surface area (Å²) >= 11 is 0.771. The number of carbonyl (C=O) groups is 1. The Bertz CT molecular complexity index is 1030. The third-order valence-electron chi connectivity index (χ3n) is 3.34. The van der Waals surface area contributed by atoms with E-state index < -0.39 is 30.1 Å². The van der Waals surface area contributed by atoms with E-state index in [9.17, 15) is 27.2 Å². The van der Waals surface area contributed by atoms with Gasteiger partial charge in [-0.15, -0.1) is 0 Å². The first-order valence-electron chi connectivity index (χ1n) is 7.43. The maximum Gasteiger partial charge on any atom is 0.405 e. The summed E-state index contributed by atoms with van der Waals surface area (Å²) < 4.78 is 50.3. The average molecular weight is 401 g/mol. The van der Waals surface area contributed by atoms with Gasteiger partial charge in [0.1, 0.15) is 12.4 Å². The van der Waals surface area contributed by atoms with Crippen molar-refractivity contribution in [3.63, 3.8) is 0 Å². The lowest BCUT2D eigenvalue weighted by molar-refractivity contribution is -0.136. The van der Waals surface area contributed by atoms with E-state index in [1.54, 1.807) is 5.32 Å². The highest BCUT2D eigenvalue weighted by Gasteiger charge is 2.27. The van der Waals surface area contributed by atoms with Crippen molar-refractivity contribution in [3.05, 3.63) is 46.8 Å². The number of nitrogens with one attached hydrogen (secondary N) is 2. The number of aromatic nitrogens is 4. The molecule has 0 atom stereocenters. The molecule has 0 saturated heterocycles. The summed E-state index contributed by atoms with van der Waals surface area (Å²) in [5.41, 5.74) is 0.572. The molecule has 1 aromatic carbocycles. The Kier molecular flexibility index (Phi) is 5.17. The van der Waals surface area contributed by atoms with Crippen molar-refractivity contribution in [2.75, 3.05) is 12.3 Å². The number of carbonyl (C=O) groups excluding carboxylic acids is 1. The van der Waals surface area contributed by atoms with Gasteiger partial charge < -0.3 is 5.32 Å². The molecule has 0 fully saturated rings. The number of benzene rings is 1. The van der Waals surface area contributed by atoms with Crippen LogP contribution >= 0.6 is 11.8 Å². The molecule has 0 spiro atoms. The molecular weight excluding hydrogens is 390 g/mol. The molecule has 0 radical (unpaired) electrons. The quantitative estimate of drug-likeness (QED) is 0.504. The highest BCUT2D eigenvalue weighted by molar-refractivity contribution is 7.99. The van der Waals surface area contributed by atoms with Gasteiger partial charge in [-0.25, -0.2) is 14.2 Å². The first kappa shape index (κ1) is 18.9. The molecule has 27 heavy (non-hydrogen) atoms. The van der Waals surface area contributed by atoms with Gasteiger partial charge in [-0.2, -0.15) is 22.8 Å². The summed E-state index contributed by atoms with van der Waals surface area (Å²) in [6.07, 6.45) is -3.12. The Balaban J connectivity index is 1.81. The Morgan fingerprint density at radius 3 is 2.63 bits per heavy atom. The highest BCUT2D eigenvalue weighted by Crippen LogP contribution is 2.24. The number of halogens is 4. The molecule has 2 heterocycles. The van der Waals surface area contributed by atoms with E-state index in [0.717, 1.165) is 16.3 Å². The summed E-state index contributed by atoms with van der Waals surface area (Å²) in [6, 6.07) is 5.47. The number of thioether (sulfide) groups is 1. The molecule has 0 unspecified atom stereocenters. The van der Waals surface area contributed by atoms with Crippen LogP contribution in [0.2, 0.25) is 0 Å². The minimum Gasteiger partial charge on any atom is -0.346 e. The Morgan fingerprint density at radius 2 is 1.96 bits per heavy atom. The summed E-state index contributed by atoms with van der Waals surface area (Å²) in [5.74, 6) is -1.65. The van der Waals surface area contributed by atoms with Gasteiger partial charge in [0.25, 0.3) is 0 Å². The van der Waals surface area contributed by atoms with Crippen molar-refractivity contribution < 1.29 is 22.4 Å². The van der Waals surface area contributed by atoms with E-state index in [1.165, 1.54) is 30.5 Å². The summed E-state index contributed by atoms with van der Waals surface area (Å²) in [7, 11) is 0. The molecule has 1 amide bonds. The lowest BCUT2D eigenvalue weighted by atomic mass is 10.1. The molecule has 3 aromatic rings. The van der Waals surface area contributed by atoms with Crippen LogP contribution in [0.4, 0.5) is 17.6 Å². The maximum atomic E-state index is 13.1. The number of rotatable bonds is 5. The van der Waals surface area contributed by atoms with E-state index in [4.69, 9.17) is 0 Å². The van der Waals surface area contributed by atoms with Crippen LogP contribution < -0.4 is 11.0 Å². The summed E-state index contributed by atoms with van der Waals surface area (Å²) in [4.78, 5) is 30.1. The van der Waals surface area contributed by atoms with Gasteiger partial charge in [-0.05, 0) is 17.7 Å². The van der Waals surface area contributed by atoms with Crippen LogP contribution in [-0.4, -0.2) is 44.0 Å². The second-order valence-electron chi connectivity index (χ2n) is 5.33. The third-order valence-corrected chi connectivity index (χ3v) is 4.21. The first-order chi connectivity index (χ1) is 12.7. The van der Waals surface area contributed by atoms with Crippen molar-refractivity contribution in [2.24, 2.45) is 0 Å². The number of aromatic amines is 1. The topological polar surface area (TPSA) is 92.2 Å². The fraction of sp³-hybridized carbons (Fsp3) is 0.200. The van der Waals surface area contributed by atoms with Gasteiger partial charge in [0.05, 0.1) is 11.9 Å². The zero-order valence-electron chi connectivity index (χ0n) is 13.4. The molecule has 7 nitrogen and oxygen atoms in total. The van der Waals surface area contributed by atoms with Crippen LogP contribution in [-0.2, 0) is 4.79 Å². The average Bonchev–Trinajstić information content (AvgIpc) is 3.03. The Morgan fingerprint density at radius 1 is 1.26 bits per heavy atom. The van der Waals surface area contributed by atoms with Crippen molar-refractivity contribution in [1.82, 2.24) is 24.9 Å². The number of H-pyrrole nitrogens is 1. The van der Waals surface area contributed by atoms with E-state index >= 15 is 0 Å². The number of hydrogen-bond acceptors (Lipinski definition) is 5. The van der Waals surface area contributed by atoms with Crippen LogP contribution in [0, 0.1) is 5.82 Å². The molecule has 2 N–H and O–H groups in total. The molecule has 142 valence electrons. The molecule has 2 aromatic heterocycles. The predicted octanol–water partition coefficient (Wildman–Crippen LogP) is 1.99. The summed E-state index contributed by atoms with van der Waals surface area (Å²) in [5, 5.41) is 5.68. The molecule has 3 rings (SSSR count). The molecule has 0 saturated carbocycles. The van der Waals surface area contributed by atoms with Gasteiger partial charge in [-0.3, -0.25) is 9.78 Å². The Labute approximate surface area is 152 Å². The van der Waals surface area contributed by atoms with E-state index in [-0.39, 0.29) is 16.6 Å². The number of amides is 1. The molecule has 0 aliphatic heterocycles. The van der Waals surface area contributed by atoms with E-state index in [1.807, 2.05) is 0 Å². The van der Waals surface area contributed by atoms with Crippen molar-refractivity contribution in [3.8, 4) is 11.1 Å². The van der Waals surface area contributed by atoms with Gasteiger partial charge in [0.15, 0.2) is 10.8 Å². The monoisotopic (exact) mass is 401 g/mol. The normalized spacial score (nSPS) is 11.7. The minimum atomic E-state index is -4.51. The van der Waals surface area contributed by atoms with Gasteiger partial charge >= 0.3 is 11.9 Å². The van der Waals surface area contributed by atoms with Crippen LogP contribution in [0.15, 0.2) is 40.4 Å². The molecule has 12 heteroatoms. The van der Waals surface area contributed by atoms with E-state index in [0.29, 0.717) is 11.1 Å². The standard InChI is InChI=1S/C15H11F4N5O2S/c16-9-3-1-8(2-4-9)10-5-21-24-12(10)22-13(23-14(24)26)27-6-11(25)20-7-15(17,18)19/h1-5H,6-7H2,(H,20,25)(H,22,23,26). The van der Waals surface area contributed by atoms with Crippen molar-refractivity contribution in [2.45, 2.75) is 11.3 Å². The third kappa shape index (κ3) is 4.64. The van der Waals surface area contributed by atoms with Crippen LogP contribution in [0.1, 0.15) is 0 Å². The SMILES string of the molecule is O=C(CSc1nc2c(-c3ccc(F)cc3)cnn2c(=O)[nH]1)NCC(F)(F)F. The zero-order valence-corrected chi connectivity index (χ0v) is 14.2. The second kappa shape index (κ2) is 7.39. The van der Waals surface area contributed by atoms with Crippen LogP contribution in [0.3, 0.4) is 0 Å². The summed E-state index contributed by atoms with van der Waals surface area (Å²) in [6.45, 7) is -1.44. The number of alkyl halides is 3. The first-order valence-corrected chi connectivity index (χ1v) is 8.42. The van der Waals surface area contributed by atoms with E-state index in [2.05, 4.69) is 15.1 Å².